The van der Waals surface area contributed by atoms with E-state index in [1.165, 1.54) is 0 Å². The summed E-state index contributed by atoms with van der Waals surface area (Å²) < 4.78 is 13.1. The zero-order valence-electron chi connectivity index (χ0n) is 10.1. The molecule has 1 fully saturated rings. The molecule has 0 aromatic heterocycles. The van der Waals surface area contributed by atoms with E-state index in [0.29, 0.717) is 13.0 Å². The summed E-state index contributed by atoms with van der Waals surface area (Å²) >= 11 is 0. The minimum atomic E-state index is -0.916. The smallest absolute Gasteiger partial charge is 0.407 e. The highest BCUT2D eigenvalue weighted by Crippen LogP contribution is 2.08. The minimum Gasteiger partial charge on any atom is -0.444 e. The van der Waals surface area contributed by atoms with Gasteiger partial charge in [-0.05, 0) is 40.2 Å². The molecule has 1 rings (SSSR count). The Kier molecular flexibility index (Phi) is 3.24. The highest BCUT2D eigenvalue weighted by Gasteiger charge is 2.20. The number of carbonyl (C=O) groups excluding carboxylic acids is 1. The summed E-state index contributed by atoms with van der Waals surface area (Å²) in [6.07, 6.45) is 1.06. The predicted octanol–water partition coefficient (Wildman–Crippen LogP) is 1.26. The van der Waals surface area contributed by atoms with Crippen LogP contribution in [-0.2, 0) is 4.74 Å². The van der Waals surface area contributed by atoms with E-state index in [1.807, 2.05) is 20.8 Å². The van der Waals surface area contributed by atoms with Gasteiger partial charge in [-0.15, -0.1) is 0 Å². The second-order valence-electron chi connectivity index (χ2n) is 4.51. The van der Waals surface area contributed by atoms with E-state index in [4.69, 9.17) is 6.11 Å². The first-order valence-electron chi connectivity index (χ1n) is 5.53. The molecule has 1 saturated heterocycles. The average molecular weight is 201 g/mol. The Morgan fingerprint density at radius 2 is 2.36 bits per heavy atom. The van der Waals surface area contributed by atoms with Crippen molar-refractivity contribution in [2.75, 3.05) is 13.1 Å². The molecule has 0 radical (unpaired) electrons. The molecule has 1 amide bonds. The van der Waals surface area contributed by atoms with Crippen LogP contribution >= 0.6 is 0 Å². The van der Waals surface area contributed by atoms with Gasteiger partial charge in [-0.1, -0.05) is 0 Å². The Morgan fingerprint density at radius 3 is 2.86 bits per heavy atom. The number of piperidine rings is 1. The normalized spacial score (nSPS) is 29.2. The van der Waals surface area contributed by atoms with Gasteiger partial charge in [0.25, 0.3) is 0 Å². The Balaban J connectivity index is 2.42. The number of ether oxygens (including phenoxy) is 1. The number of amides is 1. The Labute approximate surface area is 86.8 Å². The lowest BCUT2D eigenvalue weighted by molar-refractivity contribution is 0.0497. The van der Waals surface area contributed by atoms with Gasteiger partial charge in [0.2, 0.25) is 0 Å². The number of rotatable bonds is 1. The summed E-state index contributed by atoms with van der Waals surface area (Å²) in [6.45, 7) is 6.82. The molecule has 2 N–H and O–H groups in total. The molecule has 1 heterocycles. The molecule has 0 aliphatic carbocycles. The summed E-state index contributed by atoms with van der Waals surface area (Å²) in [5.74, 6) is 0. The van der Waals surface area contributed by atoms with Gasteiger partial charge in [0, 0.05) is 12.6 Å². The number of alkyl carbamates (subject to hydrolysis) is 1. The summed E-state index contributed by atoms with van der Waals surface area (Å²) in [6, 6.07) is -0.916. The molecule has 0 saturated carbocycles. The summed E-state index contributed by atoms with van der Waals surface area (Å²) in [7, 11) is 0. The lowest BCUT2D eigenvalue weighted by atomic mass is 10.1. The molecule has 1 atom stereocenters. The number of hydrogen-bond acceptors (Lipinski definition) is 3. The number of hydrogen-bond donors (Lipinski definition) is 2. The van der Waals surface area contributed by atoms with Crippen molar-refractivity contribution in [2.24, 2.45) is 0 Å². The Morgan fingerprint density at radius 1 is 1.64 bits per heavy atom. The SMILES string of the molecule is [2H][C@@]1(NC(=O)OC(C)(C)C)CCCNC1. The molecule has 82 valence electrons. The van der Waals surface area contributed by atoms with Gasteiger partial charge in [0.05, 0.1) is 1.37 Å². The van der Waals surface area contributed by atoms with Crippen LogP contribution in [0.3, 0.4) is 0 Å². The second-order valence-corrected chi connectivity index (χ2v) is 4.51. The van der Waals surface area contributed by atoms with E-state index in [1.54, 1.807) is 0 Å². The number of nitrogens with one attached hydrogen (secondary N) is 2. The molecular formula is C10H20N2O2. The van der Waals surface area contributed by atoms with Crippen molar-refractivity contribution in [2.45, 2.75) is 45.2 Å². The monoisotopic (exact) mass is 201 g/mol. The van der Waals surface area contributed by atoms with Crippen molar-refractivity contribution in [3.8, 4) is 0 Å². The van der Waals surface area contributed by atoms with Crippen LogP contribution in [-0.4, -0.2) is 30.8 Å². The Hall–Kier alpha value is -0.770. The van der Waals surface area contributed by atoms with Crippen LogP contribution in [0.1, 0.15) is 35.0 Å². The van der Waals surface area contributed by atoms with Crippen molar-refractivity contribution in [1.82, 2.24) is 10.6 Å². The maximum atomic E-state index is 11.5. The second kappa shape index (κ2) is 4.64. The third-order valence-electron chi connectivity index (χ3n) is 1.85. The van der Waals surface area contributed by atoms with Gasteiger partial charge in [0.1, 0.15) is 5.60 Å². The van der Waals surface area contributed by atoms with Crippen LogP contribution in [0, 0.1) is 0 Å². The molecule has 4 heteroatoms. The molecule has 0 spiro atoms. The molecule has 0 unspecified atom stereocenters. The minimum absolute atomic E-state index is 0.478. The Bertz CT molecular complexity index is 232. The van der Waals surface area contributed by atoms with Gasteiger partial charge in [-0.25, -0.2) is 4.79 Å². The van der Waals surface area contributed by atoms with Crippen LogP contribution in [0.15, 0.2) is 0 Å². The van der Waals surface area contributed by atoms with Crippen molar-refractivity contribution in [3.05, 3.63) is 0 Å². The zero-order valence-corrected chi connectivity index (χ0v) is 9.14. The highest BCUT2D eigenvalue weighted by molar-refractivity contribution is 5.68. The molecule has 0 aromatic rings. The molecule has 1 aliphatic rings. The van der Waals surface area contributed by atoms with E-state index < -0.39 is 17.7 Å². The van der Waals surface area contributed by atoms with E-state index in [2.05, 4.69) is 10.6 Å². The molecule has 1 aliphatic heterocycles. The van der Waals surface area contributed by atoms with Crippen LogP contribution in [0.4, 0.5) is 4.79 Å². The van der Waals surface area contributed by atoms with Gasteiger partial charge in [-0.3, -0.25) is 0 Å². The summed E-state index contributed by atoms with van der Waals surface area (Å²) in [5.41, 5.74) is -0.511. The average Bonchev–Trinajstić information content (AvgIpc) is 1.99. The van der Waals surface area contributed by atoms with Crippen molar-refractivity contribution in [3.63, 3.8) is 0 Å². The molecular weight excluding hydrogens is 180 g/mol. The standard InChI is InChI=1S/C10H20N2O2/c1-10(2,3)14-9(13)12-8-5-4-6-11-7-8/h8,11H,4-7H2,1-3H3,(H,12,13)/t8-/m1/s1/i8D. The maximum absolute atomic E-state index is 11.5. The summed E-state index contributed by atoms with van der Waals surface area (Å²) in [5, 5.41) is 5.68. The molecule has 4 nitrogen and oxygen atoms in total. The zero-order chi connectivity index (χ0) is 11.5. The largest absolute Gasteiger partial charge is 0.444 e. The molecule has 14 heavy (non-hydrogen) atoms. The fraction of sp³-hybridized carbons (Fsp3) is 0.900. The topological polar surface area (TPSA) is 50.4 Å². The molecule has 0 bridgehead atoms. The fourth-order valence-corrected chi connectivity index (χ4v) is 1.31. The fourth-order valence-electron chi connectivity index (χ4n) is 1.31. The van der Waals surface area contributed by atoms with Gasteiger partial charge >= 0.3 is 6.09 Å². The van der Waals surface area contributed by atoms with Crippen molar-refractivity contribution < 1.29 is 10.9 Å². The third kappa shape index (κ3) is 4.46. The molecule has 0 aromatic carbocycles. The first-order chi connectivity index (χ1) is 6.81. The van der Waals surface area contributed by atoms with Crippen LogP contribution in [0.2, 0.25) is 0 Å². The lowest BCUT2D eigenvalue weighted by Crippen LogP contribution is -2.47. The van der Waals surface area contributed by atoms with Crippen molar-refractivity contribution in [1.29, 1.82) is 0 Å². The predicted molar refractivity (Wildman–Crippen MR) is 55.3 cm³/mol. The highest BCUT2D eigenvalue weighted by atomic mass is 16.6. The van der Waals surface area contributed by atoms with Crippen LogP contribution < -0.4 is 10.6 Å². The quantitative estimate of drug-likeness (QED) is 0.671. The summed E-state index contributed by atoms with van der Waals surface area (Å²) in [4.78, 5) is 11.5. The van der Waals surface area contributed by atoms with E-state index in [9.17, 15) is 4.79 Å². The lowest BCUT2D eigenvalue weighted by Gasteiger charge is -2.26. The third-order valence-corrected chi connectivity index (χ3v) is 1.85. The first kappa shape index (κ1) is 9.77. The maximum Gasteiger partial charge on any atom is 0.407 e. The van der Waals surface area contributed by atoms with Gasteiger partial charge in [-0.2, -0.15) is 0 Å². The van der Waals surface area contributed by atoms with Crippen molar-refractivity contribution >= 4 is 6.09 Å². The van der Waals surface area contributed by atoms with Crippen LogP contribution in [0.25, 0.3) is 0 Å². The van der Waals surface area contributed by atoms with E-state index in [-0.39, 0.29) is 0 Å². The van der Waals surface area contributed by atoms with Gasteiger partial charge in [0.15, 0.2) is 0 Å². The van der Waals surface area contributed by atoms with Gasteiger partial charge < -0.3 is 15.4 Å². The van der Waals surface area contributed by atoms with Crippen LogP contribution in [0.5, 0.6) is 0 Å². The first-order valence-corrected chi connectivity index (χ1v) is 5.03. The van der Waals surface area contributed by atoms with E-state index in [0.717, 1.165) is 13.0 Å². The number of carbonyl (C=O) groups is 1. The van der Waals surface area contributed by atoms with E-state index >= 15 is 0 Å².